The van der Waals surface area contributed by atoms with Gasteiger partial charge in [-0.25, -0.2) is 4.98 Å². The Hall–Kier alpha value is -2.99. The maximum atomic E-state index is 6.59. The monoisotopic (exact) mass is 460 g/mol. The zero-order chi connectivity index (χ0) is 22.1. The minimum absolute atomic E-state index is 0.267. The van der Waals surface area contributed by atoms with Crippen molar-refractivity contribution in [1.29, 1.82) is 0 Å². The summed E-state index contributed by atoms with van der Waals surface area (Å²) in [7, 11) is 0. The number of pyridine rings is 1. The molecule has 0 saturated heterocycles. The van der Waals surface area contributed by atoms with E-state index in [0.29, 0.717) is 10.9 Å². The van der Waals surface area contributed by atoms with Crippen LogP contribution in [-0.2, 0) is 11.3 Å². The Kier molecular flexibility index (Phi) is 5.79. The van der Waals surface area contributed by atoms with E-state index in [9.17, 15) is 0 Å². The lowest BCUT2D eigenvalue weighted by molar-refractivity contribution is 0.0541. The van der Waals surface area contributed by atoms with E-state index in [1.165, 1.54) is 11.1 Å². The lowest BCUT2D eigenvalue weighted by Crippen LogP contribution is -2.06. The first-order valence-electron chi connectivity index (χ1n) is 10.3. The molecule has 0 N–H and O–H groups in total. The highest BCUT2D eigenvalue weighted by molar-refractivity contribution is 7.10. The third-order valence-electron chi connectivity index (χ3n) is 5.26. The van der Waals surface area contributed by atoms with E-state index in [-0.39, 0.29) is 12.7 Å². The van der Waals surface area contributed by atoms with E-state index in [1.54, 1.807) is 11.3 Å². The lowest BCUT2D eigenvalue weighted by Gasteiger charge is -2.18. The molecule has 0 fully saturated rings. The summed E-state index contributed by atoms with van der Waals surface area (Å²) in [4.78, 5) is 5.63. The molecule has 3 heterocycles. The van der Waals surface area contributed by atoms with E-state index < -0.39 is 0 Å². The number of fused-ring (bicyclic) bond motifs is 1. The Bertz CT molecular complexity index is 1360. The molecule has 5 rings (SSSR count). The Morgan fingerprint density at radius 3 is 2.59 bits per heavy atom. The average molecular weight is 461 g/mol. The average Bonchev–Trinajstić information content (AvgIpc) is 3.46. The standard InChI is InChI=1S/C26H21ClN2O2S/c1-16-10-17(2)12-19(11-16)23-14-20(31-29-23)15-30-25(24-8-5-9-32-24)21-13-18-6-3-4-7-22(18)28-26(21)27/h3-14,25H,15H2,1-2H3. The molecule has 6 heteroatoms. The molecule has 4 nitrogen and oxygen atoms in total. The molecular weight excluding hydrogens is 440 g/mol. The first-order chi connectivity index (χ1) is 15.6. The van der Waals surface area contributed by atoms with Gasteiger partial charge in [-0.05, 0) is 49.6 Å². The van der Waals surface area contributed by atoms with Gasteiger partial charge in [-0.15, -0.1) is 11.3 Å². The van der Waals surface area contributed by atoms with Crippen LogP contribution in [0.2, 0.25) is 5.15 Å². The molecule has 2 aromatic carbocycles. The van der Waals surface area contributed by atoms with E-state index in [4.69, 9.17) is 20.9 Å². The minimum Gasteiger partial charge on any atom is -0.360 e. The first-order valence-corrected chi connectivity index (χ1v) is 11.6. The number of aromatic nitrogens is 2. The number of thiophene rings is 1. The number of para-hydroxylation sites is 1. The van der Waals surface area contributed by atoms with E-state index in [2.05, 4.69) is 48.3 Å². The molecule has 0 amide bonds. The number of aryl methyl sites for hydroxylation is 2. The van der Waals surface area contributed by atoms with Gasteiger partial charge in [-0.3, -0.25) is 0 Å². The first kappa shape index (κ1) is 20.9. The fraction of sp³-hybridized carbons (Fsp3) is 0.154. The summed E-state index contributed by atoms with van der Waals surface area (Å²) in [5.41, 5.74) is 5.91. The molecule has 160 valence electrons. The molecule has 5 aromatic rings. The van der Waals surface area contributed by atoms with Crippen LogP contribution in [0.3, 0.4) is 0 Å². The van der Waals surface area contributed by atoms with Crippen molar-refractivity contribution < 1.29 is 9.26 Å². The molecule has 0 aliphatic heterocycles. The summed E-state index contributed by atoms with van der Waals surface area (Å²) in [5, 5.41) is 7.74. The normalized spacial score (nSPS) is 12.3. The highest BCUT2D eigenvalue weighted by atomic mass is 35.5. The molecular formula is C26H21ClN2O2S. The Labute approximate surface area is 195 Å². The second kappa shape index (κ2) is 8.87. The predicted molar refractivity (Wildman–Crippen MR) is 129 cm³/mol. The topological polar surface area (TPSA) is 48.2 Å². The molecule has 1 atom stereocenters. The summed E-state index contributed by atoms with van der Waals surface area (Å²) >= 11 is 8.21. The van der Waals surface area contributed by atoms with Gasteiger partial charge >= 0.3 is 0 Å². The summed E-state index contributed by atoms with van der Waals surface area (Å²) in [6, 6.07) is 22.3. The van der Waals surface area contributed by atoms with E-state index >= 15 is 0 Å². The van der Waals surface area contributed by atoms with Crippen LogP contribution < -0.4 is 0 Å². The third-order valence-corrected chi connectivity index (χ3v) is 6.48. The van der Waals surface area contributed by atoms with Gasteiger partial charge in [0.2, 0.25) is 0 Å². The van der Waals surface area contributed by atoms with Crippen LogP contribution in [0.5, 0.6) is 0 Å². The van der Waals surface area contributed by atoms with Gasteiger partial charge in [-0.1, -0.05) is 58.2 Å². The fourth-order valence-corrected chi connectivity index (χ4v) is 4.90. The van der Waals surface area contributed by atoms with Crippen molar-refractivity contribution >= 4 is 33.8 Å². The summed E-state index contributed by atoms with van der Waals surface area (Å²) < 4.78 is 11.9. The largest absolute Gasteiger partial charge is 0.360 e. The molecule has 0 bridgehead atoms. The van der Waals surface area contributed by atoms with Gasteiger partial charge < -0.3 is 9.26 Å². The second-order valence-corrected chi connectivity index (χ2v) is 9.16. The highest BCUT2D eigenvalue weighted by Gasteiger charge is 2.22. The highest BCUT2D eigenvalue weighted by Crippen LogP contribution is 2.36. The van der Waals surface area contributed by atoms with Gasteiger partial charge in [0.15, 0.2) is 5.76 Å². The van der Waals surface area contributed by atoms with Crippen LogP contribution in [0.4, 0.5) is 0 Å². The van der Waals surface area contributed by atoms with Gasteiger partial charge in [0.1, 0.15) is 23.6 Å². The van der Waals surface area contributed by atoms with Crippen molar-refractivity contribution in [3.63, 3.8) is 0 Å². The molecule has 0 radical (unpaired) electrons. The van der Waals surface area contributed by atoms with Crippen molar-refractivity contribution in [2.75, 3.05) is 0 Å². The third kappa shape index (κ3) is 4.32. The number of hydrogen-bond donors (Lipinski definition) is 0. The van der Waals surface area contributed by atoms with Gasteiger partial charge in [0, 0.05) is 27.5 Å². The quantitative estimate of drug-likeness (QED) is 0.246. The molecule has 32 heavy (non-hydrogen) atoms. The number of halogens is 1. The minimum atomic E-state index is -0.352. The maximum Gasteiger partial charge on any atom is 0.163 e. The number of benzene rings is 2. The molecule has 0 aliphatic carbocycles. The molecule has 0 saturated carbocycles. The molecule has 0 aliphatic rings. The van der Waals surface area contributed by atoms with Crippen molar-refractivity contribution in [3.8, 4) is 11.3 Å². The van der Waals surface area contributed by atoms with Crippen LogP contribution in [0, 0.1) is 13.8 Å². The zero-order valence-corrected chi connectivity index (χ0v) is 19.3. The summed E-state index contributed by atoms with van der Waals surface area (Å²) in [6.45, 7) is 4.42. The lowest BCUT2D eigenvalue weighted by atomic mass is 10.1. The van der Waals surface area contributed by atoms with Crippen molar-refractivity contribution in [3.05, 3.63) is 105 Å². The van der Waals surface area contributed by atoms with Crippen LogP contribution in [0.1, 0.15) is 33.4 Å². The summed E-state index contributed by atoms with van der Waals surface area (Å²) in [6.07, 6.45) is -0.352. The van der Waals surface area contributed by atoms with Crippen LogP contribution >= 0.6 is 22.9 Å². The van der Waals surface area contributed by atoms with Crippen LogP contribution in [0.25, 0.3) is 22.2 Å². The van der Waals surface area contributed by atoms with Crippen molar-refractivity contribution in [2.45, 2.75) is 26.6 Å². The number of hydrogen-bond acceptors (Lipinski definition) is 5. The van der Waals surface area contributed by atoms with Gasteiger partial charge in [0.25, 0.3) is 0 Å². The predicted octanol–water partition coefficient (Wildman–Crippen LogP) is 7.53. The Balaban J connectivity index is 1.43. The second-order valence-electron chi connectivity index (χ2n) is 7.82. The zero-order valence-electron chi connectivity index (χ0n) is 17.7. The number of rotatable bonds is 6. The Morgan fingerprint density at radius 1 is 1.00 bits per heavy atom. The van der Waals surface area contributed by atoms with Crippen molar-refractivity contribution in [1.82, 2.24) is 10.1 Å². The molecule has 1 unspecified atom stereocenters. The summed E-state index contributed by atoms with van der Waals surface area (Å²) in [5.74, 6) is 0.658. The fourth-order valence-electron chi connectivity index (χ4n) is 3.86. The van der Waals surface area contributed by atoms with Gasteiger partial charge in [-0.2, -0.15) is 0 Å². The van der Waals surface area contributed by atoms with E-state index in [0.717, 1.165) is 32.6 Å². The smallest absolute Gasteiger partial charge is 0.163 e. The SMILES string of the molecule is Cc1cc(C)cc(-c2cc(COC(c3cccs3)c3cc4ccccc4nc3Cl)on2)c1. The van der Waals surface area contributed by atoms with E-state index in [1.807, 2.05) is 47.8 Å². The maximum absolute atomic E-state index is 6.59. The van der Waals surface area contributed by atoms with Gasteiger partial charge in [0.05, 0.1) is 5.52 Å². The number of ether oxygens (including phenoxy) is 1. The number of nitrogens with zero attached hydrogens (tertiary/aromatic N) is 2. The molecule has 0 spiro atoms. The van der Waals surface area contributed by atoms with Crippen molar-refractivity contribution in [2.24, 2.45) is 0 Å². The van der Waals surface area contributed by atoms with Crippen LogP contribution in [0.15, 0.2) is 76.6 Å². The Morgan fingerprint density at radius 2 is 1.81 bits per heavy atom. The molecule has 3 aromatic heterocycles. The van der Waals surface area contributed by atoms with Crippen LogP contribution in [-0.4, -0.2) is 10.1 Å².